The van der Waals surface area contributed by atoms with Gasteiger partial charge in [-0.25, -0.2) is 9.50 Å². The van der Waals surface area contributed by atoms with Crippen LogP contribution in [0.1, 0.15) is 32.4 Å². The number of aryl methyl sites for hydroxylation is 1. The van der Waals surface area contributed by atoms with Crippen molar-refractivity contribution in [1.29, 1.82) is 0 Å². The van der Waals surface area contributed by atoms with Crippen LogP contribution in [-0.2, 0) is 11.8 Å². The van der Waals surface area contributed by atoms with Gasteiger partial charge in [-0.15, -0.1) is 5.10 Å². The zero-order chi connectivity index (χ0) is 20.8. The summed E-state index contributed by atoms with van der Waals surface area (Å²) >= 11 is 0. The molecule has 0 spiro atoms. The number of rotatable bonds is 4. The fourth-order valence-corrected chi connectivity index (χ4v) is 4.11. The minimum absolute atomic E-state index is 0.235. The first-order chi connectivity index (χ1) is 14.5. The van der Waals surface area contributed by atoms with E-state index < -0.39 is 0 Å². The molecule has 30 heavy (non-hydrogen) atoms. The summed E-state index contributed by atoms with van der Waals surface area (Å²) in [7, 11) is 1.96. The molecule has 1 fully saturated rings. The fourth-order valence-electron chi connectivity index (χ4n) is 4.11. The number of nitrogens with zero attached hydrogens (tertiary/aromatic N) is 7. The van der Waals surface area contributed by atoms with Gasteiger partial charge in [-0.1, -0.05) is 13.8 Å². The summed E-state index contributed by atoms with van der Waals surface area (Å²) in [5.74, 6) is 1.90. The van der Waals surface area contributed by atoms with Crippen molar-refractivity contribution in [2.24, 2.45) is 7.05 Å². The van der Waals surface area contributed by atoms with E-state index in [9.17, 15) is 0 Å². The summed E-state index contributed by atoms with van der Waals surface area (Å²) in [5, 5.41) is 16.6. The Morgan fingerprint density at radius 3 is 2.77 bits per heavy atom. The topological polar surface area (TPSA) is 89.2 Å². The van der Waals surface area contributed by atoms with Gasteiger partial charge in [0, 0.05) is 31.5 Å². The first kappa shape index (κ1) is 18.8. The Morgan fingerprint density at radius 1 is 1.23 bits per heavy atom. The zero-order valence-corrected chi connectivity index (χ0v) is 17.7. The highest BCUT2D eigenvalue weighted by molar-refractivity contribution is 5.84. The van der Waals surface area contributed by atoms with Gasteiger partial charge < -0.3 is 9.64 Å². The molecule has 4 aromatic heterocycles. The van der Waals surface area contributed by atoms with E-state index in [-0.39, 0.29) is 12.0 Å². The van der Waals surface area contributed by atoms with Gasteiger partial charge in [0.2, 0.25) is 0 Å². The molecule has 0 radical (unpaired) electrons. The number of hydrogen-bond acceptors (Lipinski definition) is 6. The van der Waals surface area contributed by atoms with Crippen LogP contribution >= 0.6 is 0 Å². The molecular weight excluding hydrogens is 380 g/mol. The van der Waals surface area contributed by atoms with Gasteiger partial charge in [-0.05, 0) is 31.0 Å². The number of ether oxygens (including phenoxy) is 1. The van der Waals surface area contributed by atoms with Gasteiger partial charge in [0.25, 0.3) is 0 Å². The van der Waals surface area contributed by atoms with E-state index in [0.717, 1.165) is 46.3 Å². The number of nitrogens with one attached hydrogen (secondary N) is 1. The molecule has 0 aliphatic carbocycles. The van der Waals surface area contributed by atoms with Crippen LogP contribution in [0.5, 0.6) is 0 Å². The smallest absolute Gasteiger partial charge is 0.179 e. The van der Waals surface area contributed by atoms with Crippen LogP contribution in [0.2, 0.25) is 0 Å². The maximum absolute atomic E-state index is 5.64. The number of aromatic amines is 1. The van der Waals surface area contributed by atoms with Crippen molar-refractivity contribution in [3.05, 3.63) is 36.3 Å². The lowest BCUT2D eigenvalue weighted by Crippen LogP contribution is -2.44. The number of hydrogen-bond donors (Lipinski definition) is 1. The predicted molar refractivity (Wildman–Crippen MR) is 114 cm³/mol. The van der Waals surface area contributed by atoms with E-state index in [1.54, 1.807) is 6.20 Å². The molecule has 1 unspecified atom stereocenters. The van der Waals surface area contributed by atoms with Crippen LogP contribution in [0.4, 0.5) is 5.82 Å². The molecule has 9 heteroatoms. The molecule has 1 atom stereocenters. The molecule has 1 aliphatic rings. The molecule has 0 amide bonds. The van der Waals surface area contributed by atoms with Gasteiger partial charge in [0.1, 0.15) is 5.69 Å². The van der Waals surface area contributed by atoms with Crippen molar-refractivity contribution >= 4 is 11.3 Å². The standard InChI is InChI=1S/C21H26N8O/c1-13(2)19-20-15(17-6-8-23-27(17)4)11-18(28-9-10-30-12-14(28)3)26-29(20)21(24-19)16-5-7-22-25-16/h5-8,11,13-14H,9-10,12H2,1-4H3,(H,22,25). The third kappa shape index (κ3) is 2.97. The molecule has 9 nitrogen and oxygen atoms in total. The van der Waals surface area contributed by atoms with E-state index in [2.05, 4.69) is 47.0 Å². The quantitative estimate of drug-likeness (QED) is 0.561. The third-order valence-corrected chi connectivity index (χ3v) is 5.66. The highest BCUT2D eigenvalue weighted by Gasteiger charge is 2.26. The van der Waals surface area contributed by atoms with Gasteiger partial charge in [0.05, 0.1) is 36.2 Å². The summed E-state index contributed by atoms with van der Waals surface area (Å²) in [6, 6.07) is 6.37. The molecule has 4 aromatic rings. The Labute approximate surface area is 174 Å². The summed E-state index contributed by atoms with van der Waals surface area (Å²) in [5.41, 5.74) is 4.95. The maximum Gasteiger partial charge on any atom is 0.179 e. The summed E-state index contributed by atoms with van der Waals surface area (Å²) in [6.07, 6.45) is 3.56. The number of morpholine rings is 1. The van der Waals surface area contributed by atoms with Gasteiger partial charge >= 0.3 is 0 Å². The van der Waals surface area contributed by atoms with Crippen molar-refractivity contribution in [1.82, 2.24) is 34.6 Å². The number of H-pyrrole nitrogens is 1. The Balaban J connectivity index is 1.84. The SMILES string of the molecule is CC(C)c1nc(-c2ccn[nH]2)n2nc(N3CCOCC3C)cc(-c3ccnn3C)c12. The molecule has 1 aliphatic heterocycles. The molecule has 0 bridgehead atoms. The molecule has 0 saturated carbocycles. The van der Waals surface area contributed by atoms with Crippen LogP contribution in [0, 0.1) is 0 Å². The number of imidazole rings is 1. The van der Waals surface area contributed by atoms with E-state index in [4.69, 9.17) is 14.8 Å². The average molecular weight is 406 g/mol. The van der Waals surface area contributed by atoms with Crippen molar-refractivity contribution in [3.8, 4) is 22.8 Å². The molecule has 0 aromatic carbocycles. The van der Waals surface area contributed by atoms with Crippen molar-refractivity contribution in [3.63, 3.8) is 0 Å². The predicted octanol–water partition coefficient (Wildman–Crippen LogP) is 2.87. The number of fused-ring (bicyclic) bond motifs is 1. The zero-order valence-electron chi connectivity index (χ0n) is 17.7. The largest absolute Gasteiger partial charge is 0.377 e. The van der Waals surface area contributed by atoms with Crippen molar-refractivity contribution in [2.45, 2.75) is 32.7 Å². The second kappa shape index (κ2) is 7.24. The highest BCUT2D eigenvalue weighted by Crippen LogP contribution is 2.35. The molecule has 5 heterocycles. The lowest BCUT2D eigenvalue weighted by molar-refractivity contribution is 0.0984. The summed E-state index contributed by atoms with van der Waals surface area (Å²) < 4.78 is 9.50. The van der Waals surface area contributed by atoms with E-state index in [1.165, 1.54) is 0 Å². The van der Waals surface area contributed by atoms with Crippen LogP contribution in [0.3, 0.4) is 0 Å². The Kier molecular flexibility index (Phi) is 4.54. The molecule has 156 valence electrons. The van der Waals surface area contributed by atoms with Crippen molar-refractivity contribution < 1.29 is 4.74 Å². The number of anilines is 1. The monoisotopic (exact) mass is 406 g/mol. The minimum atomic E-state index is 0.235. The fraction of sp³-hybridized carbons (Fsp3) is 0.429. The van der Waals surface area contributed by atoms with Crippen LogP contribution in [-0.4, -0.2) is 60.4 Å². The van der Waals surface area contributed by atoms with Crippen molar-refractivity contribution in [2.75, 3.05) is 24.7 Å². The first-order valence-electron chi connectivity index (χ1n) is 10.3. The minimum Gasteiger partial charge on any atom is -0.377 e. The Bertz CT molecular complexity index is 1170. The first-order valence-corrected chi connectivity index (χ1v) is 10.3. The second-order valence-electron chi connectivity index (χ2n) is 8.08. The molecule has 5 rings (SSSR count). The molecule has 1 N–H and O–H groups in total. The summed E-state index contributed by atoms with van der Waals surface area (Å²) in [6.45, 7) is 8.66. The Hall–Kier alpha value is -3.20. The second-order valence-corrected chi connectivity index (χ2v) is 8.08. The summed E-state index contributed by atoms with van der Waals surface area (Å²) in [4.78, 5) is 7.29. The lowest BCUT2D eigenvalue weighted by Gasteiger charge is -2.34. The van der Waals surface area contributed by atoms with Crippen LogP contribution < -0.4 is 4.90 Å². The Morgan fingerprint density at radius 2 is 2.10 bits per heavy atom. The normalized spacial score (nSPS) is 17.4. The highest BCUT2D eigenvalue weighted by atomic mass is 16.5. The number of aromatic nitrogens is 7. The van der Waals surface area contributed by atoms with Crippen LogP contribution in [0.15, 0.2) is 30.6 Å². The van der Waals surface area contributed by atoms with Gasteiger partial charge in [0.15, 0.2) is 11.6 Å². The molecule has 1 saturated heterocycles. The van der Waals surface area contributed by atoms with Gasteiger partial charge in [-0.3, -0.25) is 9.78 Å². The maximum atomic E-state index is 5.64. The molecular formula is C21H26N8O. The van der Waals surface area contributed by atoms with Crippen LogP contribution in [0.25, 0.3) is 28.3 Å². The van der Waals surface area contributed by atoms with E-state index >= 15 is 0 Å². The third-order valence-electron chi connectivity index (χ3n) is 5.66. The van der Waals surface area contributed by atoms with E-state index in [1.807, 2.05) is 34.6 Å². The van der Waals surface area contributed by atoms with Gasteiger partial charge in [-0.2, -0.15) is 10.2 Å². The average Bonchev–Trinajstić information content (AvgIpc) is 3.47. The van der Waals surface area contributed by atoms with E-state index in [0.29, 0.717) is 13.2 Å². The lowest BCUT2D eigenvalue weighted by atomic mass is 10.0.